The highest BCUT2D eigenvalue weighted by atomic mass is 16.7. The van der Waals surface area contributed by atoms with Crippen LogP contribution in [0.3, 0.4) is 0 Å². The van der Waals surface area contributed by atoms with Crippen LogP contribution in [0.5, 0.6) is 17.2 Å². The molecule has 1 aromatic rings. The maximum absolute atomic E-state index is 9.27. The van der Waals surface area contributed by atoms with Crippen molar-refractivity contribution in [3.8, 4) is 17.2 Å². The van der Waals surface area contributed by atoms with Gasteiger partial charge in [-0.05, 0) is 17.7 Å². The average molecular weight is 288 g/mol. The number of methoxy groups -OCH3 is 3. The van der Waals surface area contributed by atoms with Crippen LogP contribution in [0.25, 0.3) is 0 Å². The van der Waals surface area contributed by atoms with Gasteiger partial charge in [-0.1, -0.05) is 0 Å². The molecule has 0 aliphatic heterocycles. The second-order valence-electron chi connectivity index (χ2n) is 3.73. The van der Waals surface area contributed by atoms with Crippen LogP contribution in [0.4, 0.5) is 0 Å². The van der Waals surface area contributed by atoms with Crippen molar-refractivity contribution in [1.29, 1.82) is 0 Å². The summed E-state index contributed by atoms with van der Waals surface area (Å²) in [5.41, 5.74) is 0.618. The smallest absolute Gasteiger partial charge is 0.206 e. The van der Waals surface area contributed by atoms with E-state index in [1.807, 2.05) is 0 Å². The lowest BCUT2D eigenvalue weighted by Gasteiger charge is -2.17. The second kappa shape index (κ2) is 9.38. The molecule has 0 amide bonds. The zero-order chi connectivity index (χ0) is 14.8. The van der Waals surface area contributed by atoms with Gasteiger partial charge in [-0.15, -0.1) is 0 Å². The van der Waals surface area contributed by atoms with Crippen LogP contribution >= 0.6 is 0 Å². The van der Waals surface area contributed by atoms with E-state index in [1.54, 1.807) is 12.1 Å². The predicted molar refractivity (Wildman–Crippen MR) is 69.9 cm³/mol. The maximum atomic E-state index is 9.27. The van der Waals surface area contributed by atoms with Gasteiger partial charge in [-0.2, -0.15) is 0 Å². The van der Waals surface area contributed by atoms with Crippen molar-refractivity contribution in [2.45, 2.75) is 6.61 Å². The monoisotopic (exact) mass is 288 g/mol. The van der Waals surface area contributed by atoms with Crippen LogP contribution in [-0.4, -0.2) is 46.8 Å². The Hall–Kier alpha value is -1.54. The van der Waals surface area contributed by atoms with Crippen molar-refractivity contribution in [2.75, 3.05) is 41.7 Å². The van der Waals surface area contributed by atoms with Gasteiger partial charge < -0.3 is 33.5 Å². The van der Waals surface area contributed by atoms with Crippen LogP contribution in [0, 0.1) is 0 Å². The molecular weight excluding hydrogens is 268 g/mol. The Balaban J connectivity index is 3.06. The third-order valence-corrected chi connectivity index (χ3v) is 2.25. The van der Waals surface area contributed by atoms with Crippen molar-refractivity contribution in [3.63, 3.8) is 0 Å². The first-order valence-electron chi connectivity index (χ1n) is 5.89. The summed E-state index contributed by atoms with van der Waals surface area (Å²) in [6.07, 6.45) is 0. The first-order valence-corrected chi connectivity index (χ1v) is 5.89. The van der Waals surface area contributed by atoms with E-state index < -0.39 is 0 Å². The van der Waals surface area contributed by atoms with Crippen LogP contribution in [-0.2, 0) is 20.8 Å². The van der Waals surface area contributed by atoms with E-state index in [4.69, 9.17) is 28.4 Å². The Morgan fingerprint density at radius 2 is 1.25 bits per heavy atom. The lowest BCUT2D eigenvalue weighted by molar-refractivity contribution is 0.0216. The molecule has 0 radical (unpaired) electrons. The highest BCUT2D eigenvalue weighted by molar-refractivity contribution is 5.53. The number of benzene rings is 1. The molecule has 0 spiro atoms. The molecule has 0 aliphatic carbocycles. The summed E-state index contributed by atoms with van der Waals surface area (Å²) >= 11 is 0. The number of aliphatic hydroxyl groups is 1. The lowest BCUT2D eigenvalue weighted by atomic mass is 10.2. The van der Waals surface area contributed by atoms with E-state index in [2.05, 4.69) is 0 Å². The zero-order valence-corrected chi connectivity index (χ0v) is 11.9. The fourth-order valence-electron chi connectivity index (χ4n) is 1.44. The number of ether oxygens (including phenoxy) is 6. The molecule has 7 heteroatoms. The van der Waals surface area contributed by atoms with Crippen molar-refractivity contribution >= 4 is 0 Å². The van der Waals surface area contributed by atoms with E-state index in [0.717, 1.165) is 0 Å². The summed E-state index contributed by atoms with van der Waals surface area (Å²) in [7, 11) is 4.52. The highest BCUT2D eigenvalue weighted by Gasteiger charge is 2.15. The quantitative estimate of drug-likeness (QED) is 0.647. The molecule has 1 aromatic carbocycles. The number of hydrogen-bond acceptors (Lipinski definition) is 7. The molecule has 0 unspecified atom stereocenters. The Kier molecular flexibility index (Phi) is 7.74. The molecule has 0 fully saturated rings. The molecule has 0 aromatic heterocycles. The van der Waals surface area contributed by atoms with E-state index in [1.165, 1.54) is 21.3 Å². The Morgan fingerprint density at radius 1 is 0.800 bits per heavy atom. The summed E-state index contributed by atoms with van der Waals surface area (Å²) in [5.74, 6) is 1.14. The summed E-state index contributed by atoms with van der Waals surface area (Å²) < 4.78 is 30.9. The zero-order valence-electron chi connectivity index (χ0n) is 11.9. The van der Waals surface area contributed by atoms with Gasteiger partial charge in [0, 0.05) is 21.3 Å². The van der Waals surface area contributed by atoms with Crippen molar-refractivity contribution < 1.29 is 33.5 Å². The minimum atomic E-state index is -0.156. The van der Waals surface area contributed by atoms with Gasteiger partial charge in [-0.25, -0.2) is 0 Å². The van der Waals surface area contributed by atoms with Gasteiger partial charge in [0.25, 0.3) is 0 Å². The Morgan fingerprint density at radius 3 is 1.65 bits per heavy atom. The van der Waals surface area contributed by atoms with Crippen LogP contribution in [0.15, 0.2) is 12.1 Å². The standard InChI is InChI=1S/C13H20O7/c1-15-7-18-11-4-10(6-14)5-12(19-8-16-2)13(11)20-9-17-3/h4-5,14H,6-9H2,1-3H3. The van der Waals surface area contributed by atoms with Gasteiger partial charge in [0.15, 0.2) is 31.9 Å². The fraction of sp³-hybridized carbons (Fsp3) is 0.538. The second-order valence-corrected chi connectivity index (χ2v) is 3.73. The van der Waals surface area contributed by atoms with E-state index >= 15 is 0 Å². The van der Waals surface area contributed by atoms with E-state index in [0.29, 0.717) is 22.8 Å². The minimum absolute atomic E-state index is 0.0329. The average Bonchev–Trinajstić information content (AvgIpc) is 2.48. The SMILES string of the molecule is COCOc1cc(CO)cc(OCOC)c1OCOC. The third-order valence-electron chi connectivity index (χ3n) is 2.25. The van der Waals surface area contributed by atoms with Gasteiger partial charge in [0.1, 0.15) is 0 Å². The molecule has 1 N–H and O–H groups in total. The molecule has 20 heavy (non-hydrogen) atoms. The van der Waals surface area contributed by atoms with Gasteiger partial charge in [0.2, 0.25) is 5.75 Å². The van der Waals surface area contributed by atoms with Gasteiger partial charge >= 0.3 is 0 Å². The molecule has 0 bridgehead atoms. The minimum Gasteiger partial charge on any atom is -0.464 e. The molecule has 0 atom stereocenters. The maximum Gasteiger partial charge on any atom is 0.206 e. The van der Waals surface area contributed by atoms with Crippen LogP contribution in [0.2, 0.25) is 0 Å². The molecule has 7 nitrogen and oxygen atoms in total. The van der Waals surface area contributed by atoms with Crippen molar-refractivity contribution in [1.82, 2.24) is 0 Å². The van der Waals surface area contributed by atoms with Crippen LogP contribution < -0.4 is 14.2 Å². The molecule has 0 saturated carbocycles. The van der Waals surface area contributed by atoms with Crippen molar-refractivity contribution in [2.24, 2.45) is 0 Å². The van der Waals surface area contributed by atoms with Gasteiger partial charge in [-0.3, -0.25) is 0 Å². The largest absolute Gasteiger partial charge is 0.464 e. The number of hydrogen-bond donors (Lipinski definition) is 1. The highest BCUT2D eigenvalue weighted by Crippen LogP contribution is 2.39. The summed E-state index contributed by atoms with van der Waals surface area (Å²) in [4.78, 5) is 0. The first kappa shape index (κ1) is 16.5. The summed E-state index contributed by atoms with van der Waals surface area (Å²) in [6.45, 7) is -0.0354. The topological polar surface area (TPSA) is 75.6 Å². The predicted octanol–water partition coefficient (Wildman–Crippen LogP) is 1.13. The van der Waals surface area contributed by atoms with Crippen molar-refractivity contribution in [3.05, 3.63) is 17.7 Å². The Bertz CT molecular complexity index is 365. The lowest BCUT2D eigenvalue weighted by Crippen LogP contribution is -2.08. The molecule has 0 saturated heterocycles. The number of rotatable bonds is 10. The fourth-order valence-corrected chi connectivity index (χ4v) is 1.44. The third kappa shape index (κ3) is 4.86. The first-order chi connectivity index (χ1) is 9.76. The van der Waals surface area contributed by atoms with Gasteiger partial charge in [0.05, 0.1) is 6.61 Å². The molecular formula is C13H20O7. The summed E-state index contributed by atoms with van der Waals surface area (Å²) in [6, 6.07) is 3.29. The van der Waals surface area contributed by atoms with E-state index in [9.17, 15) is 5.11 Å². The van der Waals surface area contributed by atoms with Crippen LogP contribution in [0.1, 0.15) is 5.56 Å². The molecule has 0 aliphatic rings. The Labute approximate surface area is 117 Å². The normalized spacial score (nSPS) is 10.4. The molecule has 0 heterocycles. The number of aliphatic hydroxyl groups excluding tert-OH is 1. The van der Waals surface area contributed by atoms with E-state index in [-0.39, 0.29) is 27.0 Å². The summed E-state index contributed by atoms with van der Waals surface area (Å²) in [5, 5.41) is 9.27. The molecule has 1 rings (SSSR count). The molecule has 114 valence electrons.